The van der Waals surface area contributed by atoms with E-state index in [1.165, 1.54) is 12.3 Å². The van der Waals surface area contributed by atoms with Crippen molar-refractivity contribution in [3.05, 3.63) is 60.7 Å². The third-order valence-electron chi connectivity index (χ3n) is 2.41. The topological polar surface area (TPSA) is 51.5 Å². The molecule has 0 spiro atoms. The van der Waals surface area contributed by atoms with Crippen molar-refractivity contribution in [1.82, 2.24) is 0 Å². The lowest BCUT2D eigenvalue weighted by molar-refractivity contribution is 0.102. The highest BCUT2D eigenvalue weighted by Crippen LogP contribution is 2.15. The number of rotatable bonds is 6. The minimum absolute atomic E-state index is 0.177. The van der Waals surface area contributed by atoms with Crippen LogP contribution in [0.3, 0.4) is 0 Å². The van der Waals surface area contributed by atoms with Crippen molar-refractivity contribution in [1.29, 1.82) is 0 Å². The van der Waals surface area contributed by atoms with Gasteiger partial charge in [0.2, 0.25) is 5.78 Å². The number of hydrogen-bond donors (Lipinski definition) is 1. The van der Waals surface area contributed by atoms with E-state index >= 15 is 0 Å². The van der Waals surface area contributed by atoms with Gasteiger partial charge in [0, 0.05) is 18.0 Å². The maximum Gasteiger partial charge on any atom is 0.222 e. The Labute approximate surface area is 111 Å². The van der Waals surface area contributed by atoms with Crippen LogP contribution < -0.4 is 10.1 Å². The molecule has 0 amide bonds. The van der Waals surface area contributed by atoms with Crippen LogP contribution in [-0.4, -0.2) is 12.4 Å². The largest absolute Gasteiger partial charge is 0.494 e. The van der Waals surface area contributed by atoms with Gasteiger partial charge >= 0.3 is 0 Å². The van der Waals surface area contributed by atoms with Gasteiger partial charge in [0.25, 0.3) is 0 Å². The lowest BCUT2D eigenvalue weighted by Crippen LogP contribution is -1.95. The van der Waals surface area contributed by atoms with Gasteiger partial charge in [0.15, 0.2) is 5.76 Å². The molecule has 4 nitrogen and oxygen atoms in total. The van der Waals surface area contributed by atoms with Crippen LogP contribution in [0.15, 0.2) is 59.4 Å². The molecule has 19 heavy (non-hydrogen) atoms. The molecule has 0 aliphatic carbocycles. The zero-order chi connectivity index (χ0) is 13.5. The number of allylic oxidation sites excluding steroid dienone is 1. The second-order valence-electron chi connectivity index (χ2n) is 3.78. The summed E-state index contributed by atoms with van der Waals surface area (Å²) in [4.78, 5) is 11.6. The zero-order valence-corrected chi connectivity index (χ0v) is 10.6. The fourth-order valence-electron chi connectivity index (χ4n) is 1.53. The molecule has 0 aliphatic rings. The molecule has 1 aromatic carbocycles. The van der Waals surface area contributed by atoms with E-state index in [1.54, 1.807) is 18.3 Å². The molecule has 0 bridgehead atoms. The van der Waals surface area contributed by atoms with Crippen molar-refractivity contribution < 1.29 is 13.9 Å². The average molecular weight is 257 g/mol. The Hall–Kier alpha value is -2.49. The fraction of sp³-hybridized carbons (Fsp3) is 0.133. The van der Waals surface area contributed by atoms with Crippen molar-refractivity contribution in [3.63, 3.8) is 0 Å². The van der Waals surface area contributed by atoms with E-state index in [0.717, 1.165) is 11.4 Å². The molecule has 0 radical (unpaired) electrons. The van der Waals surface area contributed by atoms with Crippen LogP contribution in [0.25, 0.3) is 0 Å². The van der Waals surface area contributed by atoms with Crippen LogP contribution in [0.2, 0.25) is 0 Å². The van der Waals surface area contributed by atoms with E-state index in [4.69, 9.17) is 9.15 Å². The van der Waals surface area contributed by atoms with Crippen LogP contribution >= 0.6 is 0 Å². The van der Waals surface area contributed by atoms with Crippen molar-refractivity contribution >= 4 is 11.5 Å². The minimum Gasteiger partial charge on any atom is -0.494 e. The lowest BCUT2D eigenvalue weighted by Gasteiger charge is -2.04. The Kier molecular flexibility index (Phi) is 4.39. The number of benzene rings is 1. The smallest absolute Gasteiger partial charge is 0.222 e. The van der Waals surface area contributed by atoms with Crippen LogP contribution in [0.5, 0.6) is 5.75 Å². The summed E-state index contributed by atoms with van der Waals surface area (Å²) in [5.74, 6) is 0.969. The van der Waals surface area contributed by atoms with E-state index in [9.17, 15) is 4.79 Å². The van der Waals surface area contributed by atoms with Crippen LogP contribution in [0, 0.1) is 0 Å². The molecule has 1 heterocycles. The molecule has 0 unspecified atom stereocenters. The monoisotopic (exact) mass is 257 g/mol. The lowest BCUT2D eigenvalue weighted by atomic mass is 10.3. The predicted octanol–water partition coefficient (Wildman–Crippen LogP) is 3.49. The molecule has 2 aromatic rings. The molecule has 1 aromatic heterocycles. The first-order valence-electron chi connectivity index (χ1n) is 6.03. The maximum absolute atomic E-state index is 11.6. The SMILES string of the molecule is CCOc1ccc(N/C=C/C(=O)c2ccco2)cc1. The number of ketones is 1. The number of carbonyl (C=O) groups is 1. The number of hydrogen-bond acceptors (Lipinski definition) is 4. The van der Waals surface area contributed by atoms with Crippen molar-refractivity contribution in [2.24, 2.45) is 0 Å². The molecular weight excluding hydrogens is 242 g/mol. The summed E-state index contributed by atoms with van der Waals surface area (Å²) in [5.41, 5.74) is 0.881. The summed E-state index contributed by atoms with van der Waals surface area (Å²) in [6, 6.07) is 10.8. The second-order valence-corrected chi connectivity index (χ2v) is 3.78. The Morgan fingerprint density at radius 2 is 2.11 bits per heavy atom. The van der Waals surface area contributed by atoms with Crippen molar-refractivity contribution in [2.45, 2.75) is 6.92 Å². The first-order chi connectivity index (χ1) is 9.29. The highest BCUT2D eigenvalue weighted by Gasteiger charge is 2.02. The van der Waals surface area contributed by atoms with Gasteiger partial charge in [-0.25, -0.2) is 0 Å². The van der Waals surface area contributed by atoms with Gasteiger partial charge in [-0.1, -0.05) is 0 Å². The van der Waals surface area contributed by atoms with Gasteiger partial charge in [0.1, 0.15) is 5.75 Å². The standard InChI is InChI=1S/C15H15NO3/c1-2-18-13-7-5-12(6-8-13)16-10-9-14(17)15-4-3-11-19-15/h3-11,16H,2H2,1H3/b10-9+. The van der Waals surface area contributed by atoms with Gasteiger partial charge in [-0.2, -0.15) is 0 Å². The van der Waals surface area contributed by atoms with Gasteiger partial charge in [-0.3, -0.25) is 4.79 Å². The number of nitrogens with one attached hydrogen (secondary N) is 1. The maximum atomic E-state index is 11.6. The van der Waals surface area contributed by atoms with E-state index in [2.05, 4.69) is 5.32 Å². The van der Waals surface area contributed by atoms with E-state index in [1.807, 2.05) is 31.2 Å². The highest BCUT2D eigenvalue weighted by molar-refractivity contribution is 6.02. The molecular formula is C15H15NO3. The first kappa shape index (κ1) is 13.0. The van der Waals surface area contributed by atoms with Crippen LogP contribution in [0.1, 0.15) is 17.5 Å². The molecule has 0 saturated heterocycles. The summed E-state index contributed by atoms with van der Waals surface area (Å²) < 4.78 is 10.3. The summed E-state index contributed by atoms with van der Waals surface area (Å²) in [5, 5.41) is 3.01. The molecule has 2 rings (SSSR count). The van der Waals surface area contributed by atoms with E-state index in [-0.39, 0.29) is 5.78 Å². The fourth-order valence-corrected chi connectivity index (χ4v) is 1.53. The van der Waals surface area contributed by atoms with E-state index in [0.29, 0.717) is 12.4 Å². The quantitative estimate of drug-likeness (QED) is 0.635. The molecule has 0 atom stereocenters. The van der Waals surface area contributed by atoms with E-state index < -0.39 is 0 Å². The Balaban J connectivity index is 1.89. The van der Waals surface area contributed by atoms with Gasteiger partial charge in [-0.05, 0) is 43.3 Å². The molecule has 0 saturated carbocycles. The van der Waals surface area contributed by atoms with Crippen molar-refractivity contribution in [2.75, 3.05) is 11.9 Å². The summed E-state index contributed by atoms with van der Waals surface area (Å²) in [7, 11) is 0. The van der Waals surface area contributed by atoms with Crippen LogP contribution in [-0.2, 0) is 0 Å². The molecule has 1 N–H and O–H groups in total. The highest BCUT2D eigenvalue weighted by atomic mass is 16.5. The van der Waals surface area contributed by atoms with Gasteiger partial charge in [0.05, 0.1) is 12.9 Å². The Bertz CT molecular complexity index is 541. The summed E-state index contributed by atoms with van der Waals surface area (Å²) in [6.07, 6.45) is 4.48. The van der Waals surface area contributed by atoms with Gasteiger partial charge in [-0.15, -0.1) is 0 Å². The van der Waals surface area contributed by atoms with Gasteiger partial charge < -0.3 is 14.5 Å². The Morgan fingerprint density at radius 1 is 1.32 bits per heavy atom. The number of anilines is 1. The molecule has 4 heteroatoms. The molecule has 98 valence electrons. The van der Waals surface area contributed by atoms with Crippen LogP contribution in [0.4, 0.5) is 5.69 Å². The zero-order valence-electron chi connectivity index (χ0n) is 10.6. The third-order valence-corrected chi connectivity index (χ3v) is 2.41. The number of ether oxygens (including phenoxy) is 1. The predicted molar refractivity (Wildman–Crippen MR) is 73.4 cm³/mol. The molecule has 0 aliphatic heterocycles. The molecule has 0 fully saturated rings. The average Bonchev–Trinajstić information content (AvgIpc) is 2.95. The van der Waals surface area contributed by atoms with Crippen molar-refractivity contribution in [3.8, 4) is 5.75 Å². The first-order valence-corrected chi connectivity index (χ1v) is 6.03. The minimum atomic E-state index is -0.177. The summed E-state index contributed by atoms with van der Waals surface area (Å²) in [6.45, 7) is 2.58. The third kappa shape index (κ3) is 3.74. The normalized spacial score (nSPS) is 10.6. The Morgan fingerprint density at radius 3 is 2.74 bits per heavy atom. The number of furan rings is 1. The second kappa shape index (κ2) is 6.44. The number of carbonyl (C=O) groups excluding carboxylic acids is 1. The summed E-state index contributed by atoms with van der Waals surface area (Å²) >= 11 is 0.